The van der Waals surface area contributed by atoms with Crippen LogP contribution in [0, 0.1) is 6.92 Å². The van der Waals surface area contributed by atoms with Crippen LogP contribution in [0.25, 0.3) is 10.4 Å². The number of hydrogen-bond donors (Lipinski definition) is 1. The number of fused-ring (bicyclic) bond motifs is 1. The minimum Gasteiger partial charge on any atom is -0.455 e. The number of nitrogens with zero attached hydrogens (tertiary/aromatic N) is 1. The van der Waals surface area contributed by atoms with Crippen LogP contribution in [0.2, 0.25) is 0 Å². The van der Waals surface area contributed by atoms with Gasteiger partial charge in [-0.15, -0.1) is 0 Å². The smallest absolute Gasteiger partial charge is 0.293 e. The first-order valence-corrected chi connectivity index (χ1v) is 8.93. The van der Waals surface area contributed by atoms with E-state index in [0.29, 0.717) is 34.9 Å². The van der Waals surface area contributed by atoms with Gasteiger partial charge in [0.15, 0.2) is 16.7 Å². The van der Waals surface area contributed by atoms with E-state index in [1.807, 2.05) is 30.3 Å². The Morgan fingerprint density at radius 1 is 1.24 bits per heavy atom. The number of thiazole rings is 1. The van der Waals surface area contributed by atoms with Crippen LogP contribution in [0.4, 0.5) is 5.13 Å². The van der Waals surface area contributed by atoms with Crippen LogP contribution in [0.3, 0.4) is 0 Å². The Hall–Kier alpha value is -2.73. The summed E-state index contributed by atoms with van der Waals surface area (Å²) < 4.78 is 5.68. The molecule has 6 heteroatoms. The fraction of sp³-hybridized carbons (Fsp3) is 0.211. The molecule has 126 valence electrons. The number of benzene rings is 1. The Balaban J connectivity index is 1.57. The molecule has 1 aliphatic carbocycles. The van der Waals surface area contributed by atoms with Gasteiger partial charge in [0, 0.05) is 24.6 Å². The van der Waals surface area contributed by atoms with E-state index in [2.05, 4.69) is 10.3 Å². The summed E-state index contributed by atoms with van der Waals surface area (Å²) in [5.41, 5.74) is 2.26. The number of ketones is 1. The maximum atomic E-state index is 12.6. The molecule has 1 aromatic carbocycles. The third kappa shape index (κ3) is 2.89. The number of hydrogen-bond acceptors (Lipinski definition) is 5. The topological polar surface area (TPSA) is 72.2 Å². The predicted molar refractivity (Wildman–Crippen MR) is 96.2 cm³/mol. The van der Waals surface area contributed by atoms with E-state index in [4.69, 9.17) is 4.42 Å². The molecule has 0 unspecified atom stereocenters. The molecule has 1 N–H and O–H groups in total. The van der Waals surface area contributed by atoms with Crippen molar-refractivity contribution in [2.45, 2.75) is 26.2 Å². The van der Waals surface area contributed by atoms with Gasteiger partial charge in [-0.05, 0) is 18.9 Å². The normalized spacial score (nSPS) is 13.6. The molecular formula is C19H16N2O3S. The number of furan rings is 1. The Morgan fingerprint density at radius 3 is 2.80 bits per heavy atom. The molecular weight excluding hydrogens is 336 g/mol. The molecule has 3 aromatic rings. The first-order valence-electron chi connectivity index (χ1n) is 8.11. The van der Waals surface area contributed by atoms with Crippen LogP contribution >= 0.6 is 11.3 Å². The number of amides is 1. The van der Waals surface area contributed by atoms with Crippen molar-refractivity contribution in [1.82, 2.24) is 4.98 Å². The van der Waals surface area contributed by atoms with Crippen LogP contribution in [-0.4, -0.2) is 16.7 Å². The Labute approximate surface area is 148 Å². The van der Waals surface area contributed by atoms with Crippen LogP contribution in [0.5, 0.6) is 0 Å². The van der Waals surface area contributed by atoms with Gasteiger partial charge in [0.2, 0.25) is 0 Å². The van der Waals surface area contributed by atoms with E-state index >= 15 is 0 Å². The lowest BCUT2D eigenvalue weighted by atomic mass is 9.94. The van der Waals surface area contributed by atoms with Crippen molar-refractivity contribution in [3.05, 3.63) is 59.2 Å². The van der Waals surface area contributed by atoms with Crippen molar-refractivity contribution in [2.75, 3.05) is 5.32 Å². The first kappa shape index (κ1) is 15.8. The van der Waals surface area contributed by atoms with Crippen LogP contribution < -0.4 is 5.32 Å². The molecule has 0 atom stereocenters. The number of aryl methyl sites for hydroxylation is 1. The predicted octanol–water partition coefficient (Wildman–Crippen LogP) is 4.48. The minimum atomic E-state index is -0.367. The van der Waals surface area contributed by atoms with Gasteiger partial charge in [0.25, 0.3) is 5.91 Å². The second kappa shape index (κ2) is 6.29. The van der Waals surface area contributed by atoms with Crippen molar-refractivity contribution in [3.63, 3.8) is 0 Å². The zero-order chi connectivity index (χ0) is 17.4. The number of Topliss-reactive ketones (excluding diaryl/α,β-unsaturated/α-hetero) is 1. The van der Waals surface area contributed by atoms with E-state index in [0.717, 1.165) is 16.9 Å². The summed E-state index contributed by atoms with van der Waals surface area (Å²) in [6.07, 6.45) is 3.72. The van der Waals surface area contributed by atoms with Gasteiger partial charge < -0.3 is 4.42 Å². The molecule has 4 rings (SSSR count). The van der Waals surface area contributed by atoms with E-state index in [1.54, 1.807) is 13.1 Å². The van der Waals surface area contributed by atoms with Gasteiger partial charge in [-0.2, -0.15) is 0 Å². The molecule has 1 aliphatic rings. The monoisotopic (exact) mass is 352 g/mol. The molecule has 0 saturated carbocycles. The molecule has 0 spiro atoms. The van der Waals surface area contributed by atoms with Gasteiger partial charge in [-0.25, -0.2) is 4.98 Å². The summed E-state index contributed by atoms with van der Waals surface area (Å²) in [6.45, 7) is 1.76. The lowest BCUT2D eigenvalue weighted by Gasteiger charge is -2.07. The van der Waals surface area contributed by atoms with Crippen LogP contribution in [0.15, 0.2) is 40.9 Å². The Morgan fingerprint density at radius 2 is 2.04 bits per heavy atom. The molecule has 0 aliphatic heterocycles. The minimum absolute atomic E-state index is 0.0576. The van der Waals surface area contributed by atoms with Gasteiger partial charge in [-0.1, -0.05) is 41.7 Å². The zero-order valence-corrected chi connectivity index (χ0v) is 14.5. The average Bonchev–Trinajstić information content (AvgIpc) is 3.21. The highest BCUT2D eigenvalue weighted by atomic mass is 32.1. The maximum Gasteiger partial charge on any atom is 0.293 e. The van der Waals surface area contributed by atoms with Gasteiger partial charge in [0.1, 0.15) is 5.76 Å². The van der Waals surface area contributed by atoms with Crippen molar-refractivity contribution in [3.8, 4) is 10.4 Å². The summed E-state index contributed by atoms with van der Waals surface area (Å²) in [7, 11) is 0. The first-order chi connectivity index (χ1) is 12.1. The SMILES string of the molecule is Cc1c(C(=O)Nc2ncc(-c3ccccc3)s2)oc2c1C(=O)CCC2. The summed E-state index contributed by atoms with van der Waals surface area (Å²) >= 11 is 1.40. The van der Waals surface area contributed by atoms with E-state index < -0.39 is 0 Å². The number of anilines is 1. The number of aromatic nitrogens is 1. The zero-order valence-electron chi connectivity index (χ0n) is 13.7. The fourth-order valence-corrected chi connectivity index (χ4v) is 3.90. The lowest BCUT2D eigenvalue weighted by molar-refractivity contribution is 0.0963. The second-order valence-corrected chi connectivity index (χ2v) is 7.01. The Kier molecular flexibility index (Phi) is 3.97. The largest absolute Gasteiger partial charge is 0.455 e. The summed E-state index contributed by atoms with van der Waals surface area (Å²) in [5.74, 6) is 0.524. The summed E-state index contributed by atoms with van der Waals surface area (Å²) in [6, 6.07) is 9.86. The third-order valence-corrected chi connectivity index (χ3v) is 5.26. The second-order valence-electron chi connectivity index (χ2n) is 5.98. The molecule has 5 nitrogen and oxygen atoms in total. The van der Waals surface area contributed by atoms with E-state index in [1.165, 1.54) is 11.3 Å². The molecule has 2 aromatic heterocycles. The van der Waals surface area contributed by atoms with Crippen molar-refractivity contribution in [1.29, 1.82) is 0 Å². The van der Waals surface area contributed by atoms with Crippen molar-refractivity contribution < 1.29 is 14.0 Å². The average molecular weight is 352 g/mol. The highest BCUT2D eigenvalue weighted by Crippen LogP contribution is 2.31. The Bertz CT molecular complexity index is 956. The number of rotatable bonds is 3. The van der Waals surface area contributed by atoms with Gasteiger partial charge >= 0.3 is 0 Å². The molecule has 2 heterocycles. The van der Waals surface area contributed by atoms with Gasteiger partial charge in [-0.3, -0.25) is 14.9 Å². The quantitative estimate of drug-likeness (QED) is 0.754. The molecule has 0 fully saturated rings. The third-order valence-electron chi connectivity index (χ3n) is 4.30. The summed E-state index contributed by atoms with van der Waals surface area (Å²) in [4.78, 5) is 29.9. The molecule has 25 heavy (non-hydrogen) atoms. The number of nitrogens with one attached hydrogen (secondary N) is 1. The molecule has 0 bridgehead atoms. The fourth-order valence-electron chi connectivity index (χ4n) is 3.09. The molecule has 1 amide bonds. The summed E-state index contributed by atoms with van der Waals surface area (Å²) in [5, 5.41) is 3.28. The lowest BCUT2D eigenvalue weighted by Crippen LogP contribution is -2.13. The van der Waals surface area contributed by atoms with Crippen LogP contribution in [0.1, 0.15) is 45.1 Å². The number of carbonyl (C=O) groups is 2. The number of carbonyl (C=O) groups excluding carboxylic acids is 2. The van der Waals surface area contributed by atoms with Gasteiger partial charge in [0.05, 0.1) is 10.4 Å². The van der Waals surface area contributed by atoms with E-state index in [9.17, 15) is 9.59 Å². The van der Waals surface area contributed by atoms with E-state index in [-0.39, 0.29) is 17.5 Å². The molecule has 0 radical (unpaired) electrons. The highest BCUT2D eigenvalue weighted by Gasteiger charge is 2.29. The van der Waals surface area contributed by atoms with Crippen molar-refractivity contribution in [2.24, 2.45) is 0 Å². The van der Waals surface area contributed by atoms with Crippen LogP contribution in [-0.2, 0) is 6.42 Å². The standard InChI is InChI=1S/C19H16N2O3S/c1-11-16-13(22)8-5-9-14(16)24-17(11)18(23)21-19-20-10-15(25-19)12-6-3-2-4-7-12/h2-4,6-7,10H,5,8-9H2,1H3,(H,20,21,23). The maximum absolute atomic E-state index is 12.6. The van der Waals surface area contributed by atoms with Crippen molar-refractivity contribution >= 4 is 28.2 Å². The molecule has 0 saturated heterocycles. The highest BCUT2D eigenvalue weighted by molar-refractivity contribution is 7.19.